The van der Waals surface area contributed by atoms with Crippen LogP contribution in [0.15, 0.2) is 48.5 Å². The van der Waals surface area contributed by atoms with E-state index in [9.17, 15) is 4.79 Å². The van der Waals surface area contributed by atoms with Gasteiger partial charge < -0.3 is 19.5 Å². The fourth-order valence-corrected chi connectivity index (χ4v) is 2.81. The maximum Gasteiger partial charge on any atom is 0.261 e. The van der Waals surface area contributed by atoms with Crippen LogP contribution in [-0.2, 0) is 11.2 Å². The van der Waals surface area contributed by atoms with Gasteiger partial charge in [0.15, 0.2) is 6.10 Å². The van der Waals surface area contributed by atoms with E-state index in [0.29, 0.717) is 25.3 Å². The summed E-state index contributed by atoms with van der Waals surface area (Å²) in [6, 6.07) is 15.3. The normalized spacial score (nSPS) is 11.5. The zero-order valence-corrected chi connectivity index (χ0v) is 17.1. The van der Waals surface area contributed by atoms with E-state index in [2.05, 4.69) is 18.3 Å². The quantitative estimate of drug-likeness (QED) is 0.551. The zero-order valence-electron chi connectivity index (χ0n) is 17.1. The van der Waals surface area contributed by atoms with Gasteiger partial charge in [-0.3, -0.25) is 4.79 Å². The van der Waals surface area contributed by atoms with Gasteiger partial charge in [0.1, 0.15) is 17.2 Å². The lowest BCUT2D eigenvalue weighted by Crippen LogP contribution is -2.38. The monoisotopic (exact) mass is 385 g/mol. The lowest BCUT2D eigenvalue weighted by atomic mass is 10.1. The fourth-order valence-electron chi connectivity index (χ4n) is 2.81. The lowest BCUT2D eigenvalue weighted by Gasteiger charge is -2.17. The van der Waals surface area contributed by atoms with E-state index in [1.165, 1.54) is 5.56 Å². The lowest BCUT2D eigenvalue weighted by molar-refractivity contribution is -0.128. The molecule has 0 aliphatic heterocycles. The van der Waals surface area contributed by atoms with Crippen LogP contribution in [0.3, 0.4) is 0 Å². The number of carbonyl (C=O) groups excluding carboxylic acids is 1. The van der Waals surface area contributed by atoms with E-state index in [4.69, 9.17) is 14.2 Å². The van der Waals surface area contributed by atoms with Crippen molar-refractivity contribution < 1.29 is 19.0 Å². The number of benzene rings is 2. The highest BCUT2D eigenvalue weighted by atomic mass is 16.5. The predicted octanol–water partition coefficient (Wildman–Crippen LogP) is 4.39. The first-order chi connectivity index (χ1) is 13.7. The Kier molecular flexibility index (Phi) is 9.19. The Morgan fingerprint density at radius 3 is 2.43 bits per heavy atom. The molecule has 152 valence electrons. The Morgan fingerprint density at radius 2 is 1.75 bits per heavy atom. The first kappa shape index (κ1) is 21.6. The molecule has 1 amide bonds. The molecule has 1 N–H and O–H groups in total. The first-order valence-electron chi connectivity index (χ1n) is 9.97. The highest BCUT2D eigenvalue weighted by Gasteiger charge is 2.18. The summed E-state index contributed by atoms with van der Waals surface area (Å²) >= 11 is 0. The molecule has 28 heavy (non-hydrogen) atoms. The van der Waals surface area contributed by atoms with E-state index in [1.807, 2.05) is 49.4 Å². The molecule has 5 heteroatoms. The van der Waals surface area contributed by atoms with E-state index in [0.717, 1.165) is 30.8 Å². The second-order valence-corrected chi connectivity index (χ2v) is 6.54. The summed E-state index contributed by atoms with van der Waals surface area (Å²) in [7, 11) is 1.62. The van der Waals surface area contributed by atoms with Gasteiger partial charge in [-0.15, -0.1) is 0 Å². The van der Waals surface area contributed by atoms with Crippen LogP contribution in [0.2, 0.25) is 0 Å². The molecule has 0 unspecified atom stereocenters. The molecule has 0 fully saturated rings. The average Bonchev–Trinajstić information content (AvgIpc) is 2.74. The number of carbonyl (C=O) groups is 1. The second kappa shape index (κ2) is 11.9. The third-order valence-corrected chi connectivity index (χ3v) is 4.36. The topological polar surface area (TPSA) is 56.8 Å². The van der Waals surface area contributed by atoms with Gasteiger partial charge in [0.2, 0.25) is 0 Å². The minimum Gasteiger partial charge on any atom is -0.497 e. The summed E-state index contributed by atoms with van der Waals surface area (Å²) in [6.07, 6.45) is 2.78. The molecule has 2 aromatic rings. The Bertz CT molecular complexity index is 715. The molecule has 0 aliphatic carbocycles. The van der Waals surface area contributed by atoms with Gasteiger partial charge in [0.25, 0.3) is 5.91 Å². The average molecular weight is 386 g/mol. The summed E-state index contributed by atoms with van der Waals surface area (Å²) in [6.45, 7) is 5.35. The van der Waals surface area contributed by atoms with Crippen molar-refractivity contribution in [2.75, 3.05) is 20.3 Å². The van der Waals surface area contributed by atoms with Crippen LogP contribution >= 0.6 is 0 Å². The molecular weight excluding hydrogens is 354 g/mol. The van der Waals surface area contributed by atoms with Crippen molar-refractivity contribution in [3.63, 3.8) is 0 Å². The molecule has 0 radical (unpaired) electrons. The molecule has 0 aromatic heterocycles. The summed E-state index contributed by atoms with van der Waals surface area (Å²) in [5, 5.41) is 2.98. The predicted molar refractivity (Wildman–Crippen MR) is 111 cm³/mol. The van der Waals surface area contributed by atoms with Crippen molar-refractivity contribution in [2.24, 2.45) is 0 Å². The Hall–Kier alpha value is -2.69. The number of hydrogen-bond donors (Lipinski definition) is 1. The number of ether oxygens (including phenoxy) is 3. The number of amides is 1. The number of aryl methyl sites for hydroxylation is 1. The van der Waals surface area contributed by atoms with Gasteiger partial charge in [-0.1, -0.05) is 32.0 Å². The van der Waals surface area contributed by atoms with Gasteiger partial charge in [0, 0.05) is 6.54 Å². The Morgan fingerprint density at radius 1 is 1.04 bits per heavy atom. The second-order valence-electron chi connectivity index (χ2n) is 6.54. The molecule has 0 heterocycles. The molecule has 2 aromatic carbocycles. The zero-order chi connectivity index (χ0) is 20.2. The highest BCUT2D eigenvalue weighted by molar-refractivity contribution is 5.81. The van der Waals surface area contributed by atoms with Crippen molar-refractivity contribution in [3.05, 3.63) is 54.1 Å². The molecule has 0 saturated carbocycles. The largest absolute Gasteiger partial charge is 0.497 e. The minimum atomic E-state index is -0.506. The maximum absolute atomic E-state index is 12.4. The number of hydrogen-bond acceptors (Lipinski definition) is 4. The van der Waals surface area contributed by atoms with E-state index >= 15 is 0 Å². The highest BCUT2D eigenvalue weighted by Crippen LogP contribution is 2.20. The molecule has 1 atom stereocenters. The van der Waals surface area contributed by atoms with Gasteiger partial charge in [-0.2, -0.15) is 0 Å². The number of para-hydroxylation sites is 1. The smallest absolute Gasteiger partial charge is 0.261 e. The molecule has 0 aliphatic rings. The van der Waals surface area contributed by atoms with Gasteiger partial charge >= 0.3 is 0 Å². The molecule has 0 bridgehead atoms. The van der Waals surface area contributed by atoms with E-state index in [-0.39, 0.29) is 5.91 Å². The van der Waals surface area contributed by atoms with Crippen LogP contribution in [0, 0.1) is 0 Å². The van der Waals surface area contributed by atoms with E-state index in [1.54, 1.807) is 7.11 Å². The summed E-state index contributed by atoms with van der Waals surface area (Å²) in [5.74, 6) is 2.26. The van der Waals surface area contributed by atoms with Crippen LogP contribution in [-0.4, -0.2) is 32.3 Å². The van der Waals surface area contributed by atoms with E-state index < -0.39 is 6.10 Å². The third kappa shape index (κ3) is 6.80. The van der Waals surface area contributed by atoms with Crippen LogP contribution in [0.25, 0.3) is 0 Å². The molecular formula is C23H31NO4. The number of nitrogens with one attached hydrogen (secondary N) is 1. The van der Waals surface area contributed by atoms with Gasteiger partial charge in [0.05, 0.1) is 13.7 Å². The summed E-state index contributed by atoms with van der Waals surface area (Å²) in [5.41, 5.74) is 1.17. The molecule has 5 nitrogen and oxygen atoms in total. The minimum absolute atomic E-state index is 0.0890. The van der Waals surface area contributed by atoms with Gasteiger partial charge in [-0.25, -0.2) is 0 Å². The van der Waals surface area contributed by atoms with Crippen LogP contribution in [0.5, 0.6) is 17.2 Å². The molecule has 0 saturated heterocycles. The number of rotatable bonds is 12. The first-order valence-corrected chi connectivity index (χ1v) is 9.97. The fraction of sp³-hybridized carbons (Fsp3) is 0.435. The van der Waals surface area contributed by atoms with Crippen molar-refractivity contribution >= 4 is 5.91 Å². The molecule has 2 rings (SSSR count). The summed E-state index contributed by atoms with van der Waals surface area (Å²) in [4.78, 5) is 12.4. The van der Waals surface area contributed by atoms with Crippen molar-refractivity contribution in [1.29, 1.82) is 0 Å². The summed E-state index contributed by atoms with van der Waals surface area (Å²) < 4.78 is 16.7. The van der Waals surface area contributed by atoms with Gasteiger partial charge in [-0.05, 0) is 61.6 Å². The molecule has 0 spiro atoms. The van der Waals surface area contributed by atoms with Crippen molar-refractivity contribution in [3.8, 4) is 17.2 Å². The number of methoxy groups -OCH3 is 1. The Labute approximate surface area is 168 Å². The third-order valence-electron chi connectivity index (χ3n) is 4.36. The van der Waals surface area contributed by atoms with Crippen LogP contribution in [0.4, 0.5) is 0 Å². The van der Waals surface area contributed by atoms with Crippen molar-refractivity contribution in [1.82, 2.24) is 5.32 Å². The Balaban J connectivity index is 1.79. The van der Waals surface area contributed by atoms with Crippen LogP contribution < -0.4 is 19.5 Å². The van der Waals surface area contributed by atoms with Crippen molar-refractivity contribution in [2.45, 2.75) is 45.6 Å². The maximum atomic E-state index is 12.4. The SMILES string of the molecule is CCCOc1ccccc1CCCNC(=O)[C@@H](CC)Oc1ccc(OC)cc1. The van der Waals surface area contributed by atoms with Crippen LogP contribution in [0.1, 0.15) is 38.7 Å². The standard InChI is InChI=1S/C23H31NO4/c1-4-17-27-22-11-7-6-9-18(22)10-8-16-24-23(25)21(5-2)28-20-14-12-19(26-3)13-15-20/h6-7,9,11-15,21H,4-5,8,10,16-17H2,1-3H3,(H,24,25)/t21-/m1/s1.